The standard InChI is InChI=1S/C30H37N5OS/c1-23-12-11-19-35(21-23)26-20-27(36-25-15-7-3-8-16-25)33-28(32-26)34-29(37)31-22-30(17-9-4-10-18-30)24-13-5-2-6-14-24/h2-3,5-8,13-16,20,23H,4,9-12,17-19,21-22H2,1H3,(H2,31,32,33,34,37)/t23-/m1/s1. The first kappa shape index (κ1) is 25.5. The first-order valence-electron chi connectivity index (χ1n) is 13.6. The summed E-state index contributed by atoms with van der Waals surface area (Å²) >= 11 is 5.74. The molecule has 1 aliphatic heterocycles. The van der Waals surface area contributed by atoms with Crippen LogP contribution in [-0.4, -0.2) is 34.7 Å². The molecule has 7 heteroatoms. The third-order valence-electron chi connectivity index (χ3n) is 7.65. The molecule has 6 nitrogen and oxygen atoms in total. The van der Waals surface area contributed by atoms with E-state index in [0.717, 1.165) is 37.6 Å². The minimum atomic E-state index is 0.0967. The first-order valence-corrected chi connectivity index (χ1v) is 14.0. The number of hydrogen-bond donors (Lipinski definition) is 2. The van der Waals surface area contributed by atoms with Crippen LogP contribution in [0.4, 0.5) is 11.8 Å². The molecule has 2 fully saturated rings. The number of piperidine rings is 1. The Balaban J connectivity index is 1.33. The molecular weight excluding hydrogens is 478 g/mol. The van der Waals surface area contributed by atoms with Gasteiger partial charge in [-0.3, -0.25) is 0 Å². The van der Waals surface area contributed by atoms with E-state index in [1.807, 2.05) is 36.4 Å². The average molecular weight is 516 g/mol. The van der Waals surface area contributed by atoms with E-state index in [4.69, 9.17) is 21.9 Å². The zero-order valence-electron chi connectivity index (χ0n) is 21.7. The van der Waals surface area contributed by atoms with Crippen molar-refractivity contribution in [3.05, 3.63) is 72.3 Å². The molecule has 2 aromatic carbocycles. The molecule has 2 aliphatic rings. The number of para-hydroxylation sites is 1. The van der Waals surface area contributed by atoms with Crippen LogP contribution in [-0.2, 0) is 5.41 Å². The lowest BCUT2D eigenvalue weighted by Gasteiger charge is -2.38. The lowest BCUT2D eigenvalue weighted by atomic mass is 9.69. The van der Waals surface area contributed by atoms with Gasteiger partial charge in [-0.2, -0.15) is 9.97 Å². The maximum atomic E-state index is 6.11. The third kappa shape index (κ3) is 6.58. The summed E-state index contributed by atoms with van der Waals surface area (Å²) in [5.74, 6) is 3.20. The topological polar surface area (TPSA) is 62.3 Å². The second-order valence-corrected chi connectivity index (χ2v) is 10.9. The maximum Gasteiger partial charge on any atom is 0.234 e. The minimum absolute atomic E-state index is 0.0967. The van der Waals surface area contributed by atoms with E-state index in [2.05, 4.69) is 57.8 Å². The molecule has 2 N–H and O–H groups in total. The Kier molecular flexibility index (Phi) is 8.19. The third-order valence-corrected chi connectivity index (χ3v) is 7.89. The molecule has 0 amide bonds. The van der Waals surface area contributed by atoms with E-state index in [1.165, 1.54) is 44.1 Å². The highest BCUT2D eigenvalue weighted by molar-refractivity contribution is 7.80. The Hall–Kier alpha value is -3.19. The number of aromatic nitrogens is 2. The fraction of sp³-hybridized carbons (Fsp3) is 0.433. The quantitative estimate of drug-likeness (QED) is 0.340. The van der Waals surface area contributed by atoms with E-state index in [9.17, 15) is 0 Å². The number of benzene rings is 2. The molecule has 37 heavy (non-hydrogen) atoms. The van der Waals surface area contributed by atoms with Crippen LogP contribution < -0.4 is 20.3 Å². The molecule has 0 unspecified atom stereocenters. The minimum Gasteiger partial charge on any atom is -0.439 e. The smallest absolute Gasteiger partial charge is 0.234 e. The molecule has 1 aromatic heterocycles. The Bertz CT molecular complexity index is 1170. The van der Waals surface area contributed by atoms with Gasteiger partial charge in [0.1, 0.15) is 11.6 Å². The number of nitrogens with one attached hydrogen (secondary N) is 2. The molecule has 5 rings (SSSR count). The Morgan fingerprint density at radius 3 is 2.46 bits per heavy atom. The summed E-state index contributed by atoms with van der Waals surface area (Å²) in [6, 6.07) is 22.5. The summed E-state index contributed by atoms with van der Waals surface area (Å²) < 4.78 is 6.11. The largest absolute Gasteiger partial charge is 0.439 e. The van der Waals surface area contributed by atoms with Crippen molar-refractivity contribution in [2.75, 3.05) is 29.9 Å². The van der Waals surface area contributed by atoms with Crippen molar-refractivity contribution >= 4 is 29.1 Å². The van der Waals surface area contributed by atoms with Crippen LogP contribution in [0.15, 0.2) is 66.7 Å². The van der Waals surface area contributed by atoms with E-state index in [1.54, 1.807) is 0 Å². The molecule has 1 aliphatic carbocycles. The zero-order valence-corrected chi connectivity index (χ0v) is 22.5. The van der Waals surface area contributed by atoms with Crippen molar-refractivity contribution in [2.24, 2.45) is 5.92 Å². The van der Waals surface area contributed by atoms with Gasteiger partial charge in [0.2, 0.25) is 11.8 Å². The van der Waals surface area contributed by atoms with Crippen molar-refractivity contribution < 1.29 is 4.74 Å². The predicted octanol–water partition coefficient (Wildman–Crippen LogP) is 6.69. The summed E-state index contributed by atoms with van der Waals surface area (Å²) in [4.78, 5) is 11.8. The number of anilines is 2. The van der Waals surface area contributed by atoms with Crippen LogP contribution in [0.2, 0.25) is 0 Å². The van der Waals surface area contributed by atoms with Crippen molar-refractivity contribution in [1.29, 1.82) is 0 Å². The molecular formula is C30H37N5OS. The normalized spacial score (nSPS) is 19.2. The predicted molar refractivity (Wildman–Crippen MR) is 155 cm³/mol. The maximum absolute atomic E-state index is 6.11. The molecule has 0 spiro atoms. The van der Waals surface area contributed by atoms with Gasteiger partial charge in [-0.1, -0.05) is 74.7 Å². The second-order valence-electron chi connectivity index (χ2n) is 10.5. The summed E-state index contributed by atoms with van der Waals surface area (Å²) in [6.07, 6.45) is 8.53. The van der Waals surface area contributed by atoms with Gasteiger partial charge in [0.05, 0.1) is 0 Å². The fourth-order valence-corrected chi connectivity index (χ4v) is 5.84. The van der Waals surface area contributed by atoms with Crippen molar-refractivity contribution in [2.45, 2.75) is 57.3 Å². The Morgan fingerprint density at radius 2 is 1.73 bits per heavy atom. The van der Waals surface area contributed by atoms with E-state index < -0.39 is 0 Å². The van der Waals surface area contributed by atoms with Gasteiger partial charge in [-0.05, 0) is 61.5 Å². The zero-order chi connectivity index (χ0) is 25.5. The van der Waals surface area contributed by atoms with Gasteiger partial charge in [-0.15, -0.1) is 0 Å². The van der Waals surface area contributed by atoms with E-state index in [-0.39, 0.29) is 5.41 Å². The van der Waals surface area contributed by atoms with Crippen LogP contribution in [0.1, 0.15) is 57.4 Å². The highest BCUT2D eigenvalue weighted by Gasteiger charge is 2.33. The Labute approximate surface area is 225 Å². The highest BCUT2D eigenvalue weighted by Crippen LogP contribution is 2.39. The van der Waals surface area contributed by atoms with Gasteiger partial charge in [0, 0.05) is 31.1 Å². The first-order chi connectivity index (χ1) is 18.1. The van der Waals surface area contributed by atoms with Gasteiger partial charge in [0.15, 0.2) is 5.11 Å². The SMILES string of the molecule is C[C@@H]1CCCN(c2cc(Oc3ccccc3)nc(NC(=S)NCC3(c4ccccc4)CCCCC3)n2)C1. The van der Waals surface area contributed by atoms with Crippen LogP contribution in [0.5, 0.6) is 11.6 Å². The monoisotopic (exact) mass is 515 g/mol. The average Bonchev–Trinajstić information content (AvgIpc) is 2.93. The van der Waals surface area contributed by atoms with E-state index >= 15 is 0 Å². The number of hydrogen-bond acceptors (Lipinski definition) is 5. The van der Waals surface area contributed by atoms with Crippen molar-refractivity contribution in [1.82, 2.24) is 15.3 Å². The summed E-state index contributed by atoms with van der Waals surface area (Å²) in [6.45, 7) is 5.04. The summed E-state index contributed by atoms with van der Waals surface area (Å²) in [7, 11) is 0. The fourth-order valence-electron chi connectivity index (χ4n) is 5.67. The van der Waals surface area contributed by atoms with Gasteiger partial charge in [-0.25, -0.2) is 0 Å². The molecule has 3 aromatic rings. The van der Waals surface area contributed by atoms with Crippen molar-refractivity contribution in [3.63, 3.8) is 0 Å². The van der Waals surface area contributed by atoms with Gasteiger partial charge >= 0.3 is 0 Å². The summed E-state index contributed by atoms with van der Waals surface area (Å²) in [5, 5.41) is 7.30. The number of ether oxygens (including phenoxy) is 1. The van der Waals surface area contributed by atoms with Gasteiger partial charge < -0.3 is 20.3 Å². The van der Waals surface area contributed by atoms with Crippen LogP contribution in [0.25, 0.3) is 0 Å². The molecule has 1 saturated carbocycles. The molecule has 194 valence electrons. The van der Waals surface area contributed by atoms with Crippen LogP contribution in [0, 0.1) is 5.92 Å². The lowest BCUT2D eigenvalue weighted by Crippen LogP contribution is -2.43. The lowest BCUT2D eigenvalue weighted by molar-refractivity contribution is 0.292. The number of rotatable bonds is 7. The number of thiocarbonyl (C=S) groups is 1. The van der Waals surface area contributed by atoms with E-state index in [0.29, 0.717) is 22.9 Å². The number of nitrogens with zero attached hydrogens (tertiary/aromatic N) is 3. The molecule has 2 heterocycles. The molecule has 0 bridgehead atoms. The molecule has 1 saturated heterocycles. The van der Waals surface area contributed by atoms with Crippen molar-refractivity contribution in [3.8, 4) is 11.6 Å². The van der Waals surface area contributed by atoms with Crippen LogP contribution >= 0.6 is 12.2 Å². The Morgan fingerprint density at radius 1 is 1.00 bits per heavy atom. The highest BCUT2D eigenvalue weighted by atomic mass is 32.1. The summed E-state index contributed by atoms with van der Waals surface area (Å²) in [5.41, 5.74) is 1.49. The second kappa shape index (κ2) is 11.9. The van der Waals surface area contributed by atoms with Gasteiger partial charge in [0.25, 0.3) is 0 Å². The molecule has 0 radical (unpaired) electrons. The molecule has 1 atom stereocenters. The van der Waals surface area contributed by atoms with Crippen LogP contribution in [0.3, 0.4) is 0 Å².